The number of benzene rings is 1. The first-order valence-corrected chi connectivity index (χ1v) is 6.67. The Kier molecular flexibility index (Phi) is 3.25. The fraction of sp³-hybridized carbons (Fsp3) is 0.357. The van der Waals surface area contributed by atoms with Gasteiger partial charge in [0.25, 0.3) is 5.91 Å². The van der Waals surface area contributed by atoms with Crippen molar-refractivity contribution in [2.45, 2.75) is 0 Å². The van der Waals surface area contributed by atoms with E-state index >= 15 is 0 Å². The Morgan fingerprint density at radius 2 is 2.24 bits per heavy atom. The van der Waals surface area contributed by atoms with Gasteiger partial charge in [0, 0.05) is 25.7 Å². The van der Waals surface area contributed by atoms with Crippen molar-refractivity contribution in [2.24, 2.45) is 7.05 Å². The second-order valence-corrected chi connectivity index (χ2v) is 4.94. The van der Waals surface area contributed by atoms with Gasteiger partial charge < -0.3 is 15.0 Å². The molecule has 0 saturated carbocycles. The fourth-order valence-electron chi connectivity index (χ4n) is 2.55. The summed E-state index contributed by atoms with van der Waals surface area (Å²) in [5.41, 5.74) is 1.22. The molecule has 1 aromatic heterocycles. The van der Waals surface area contributed by atoms with Gasteiger partial charge in [-0.05, 0) is 18.2 Å². The minimum absolute atomic E-state index is 0.0996. The van der Waals surface area contributed by atoms with Gasteiger partial charge in [0.1, 0.15) is 0 Å². The molecule has 1 saturated heterocycles. The molecule has 0 unspecified atom stereocenters. The number of aryl methyl sites for hydroxylation is 1. The van der Waals surface area contributed by atoms with Crippen LogP contribution >= 0.6 is 0 Å². The highest BCUT2D eigenvalue weighted by atomic mass is 16.5. The van der Waals surface area contributed by atoms with E-state index in [2.05, 4.69) is 10.4 Å². The Morgan fingerprint density at radius 1 is 1.43 bits per heavy atom. The largest absolute Gasteiger partial charge is 0.481 e. The first kappa shape index (κ1) is 13.4. The van der Waals surface area contributed by atoms with Gasteiger partial charge in [-0.2, -0.15) is 5.10 Å². The molecule has 1 aromatic carbocycles. The lowest BCUT2D eigenvalue weighted by Crippen LogP contribution is -2.49. The standard InChI is InChI=1S/C14H16N4O3/c1-17-14(21-2)10-4-3-9(7-11(10)16-17)13(20)18-6-5-15-12(19)8-18/h3-4,7H,5-6,8H2,1-2H3,(H,15,19). The summed E-state index contributed by atoms with van der Waals surface area (Å²) in [6, 6.07) is 5.28. The average molecular weight is 288 g/mol. The van der Waals surface area contributed by atoms with E-state index in [1.54, 1.807) is 35.9 Å². The van der Waals surface area contributed by atoms with E-state index in [4.69, 9.17) is 4.74 Å². The number of hydrogen-bond acceptors (Lipinski definition) is 4. The summed E-state index contributed by atoms with van der Waals surface area (Å²) in [7, 11) is 3.37. The normalized spacial score (nSPS) is 15.1. The Bertz CT molecular complexity index is 722. The average Bonchev–Trinajstić information content (AvgIpc) is 2.80. The summed E-state index contributed by atoms with van der Waals surface area (Å²) in [6.45, 7) is 1.11. The summed E-state index contributed by atoms with van der Waals surface area (Å²) in [4.78, 5) is 25.3. The van der Waals surface area contributed by atoms with Crippen LogP contribution in [0.15, 0.2) is 18.2 Å². The van der Waals surface area contributed by atoms with Crippen LogP contribution in [0.3, 0.4) is 0 Å². The highest BCUT2D eigenvalue weighted by Crippen LogP contribution is 2.25. The highest BCUT2D eigenvalue weighted by Gasteiger charge is 2.23. The summed E-state index contributed by atoms with van der Waals surface area (Å²) in [5, 5.41) is 7.88. The van der Waals surface area contributed by atoms with Crippen molar-refractivity contribution in [3.05, 3.63) is 23.8 Å². The van der Waals surface area contributed by atoms with Crippen molar-refractivity contribution in [2.75, 3.05) is 26.7 Å². The third kappa shape index (κ3) is 2.31. The molecule has 1 N–H and O–H groups in total. The number of nitrogens with one attached hydrogen (secondary N) is 1. The van der Waals surface area contributed by atoms with Crippen molar-refractivity contribution >= 4 is 22.7 Å². The molecule has 2 aromatic rings. The molecule has 7 heteroatoms. The molecule has 0 radical (unpaired) electrons. The van der Waals surface area contributed by atoms with Crippen LogP contribution in [0, 0.1) is 0 Å². The molecule has 3 rings (SSSR count). The summed E-state index contributed by atoms with van der Waals surface area (Å²) in [5.74, 6) is 0.368. The molecule has 0 bridgehead atoms. The number of methoxy groups -OCH3 is 1. The lowest BCUT2D eigenvalue weighted by molar-refractivity contribution is -0.123. The highest BCUT2D eigenvalue weighted by molar-refractivity contribution is 6.00. The van der Waals surface area contributed by atoms with Crippen LogP contribution in [0.2, 0.25) is 0 Å². The molecule has 1 aliphatic heterocycles. The number of carbonyl (C=O) groups excluding carboxylic acids is 2. The Labute approximate surface area is 121 Å². The zero-order valence-electron chi connectivity index (χ0n) is 11.9. The smallest absolute Gasteiger partial charge is 0.254 e. The van der Waals surface area contributed by atoms with Gasteiger partial charge in [0.2, 0.25) is 11.8 Å². The van der Waals surface area contributed by atoms with Crippen molar-refractivity contribution in [3.8, 4) is 5.88 Å². The maximum Gasteiger partial charge on any atom is 0.254 e. The van der Waals surface area contributed by atoms with Gasteiger partial charge in [-0.1, -0.05) is 0 Å². The first-order chi connectivity index (χ1) is 10.1. The van der Waals surface area contributed by atoms with E-state index in [0.717, 1.165) is 5.39 Å². The first-order valence-electron chi connectivity index (χ1n) is 6.67. The quantitative estimate of drug-likeness (QED) is 0.853. The van der Waals surface area contributed by atoms with Crippen molar-refractivity contribution in [3.63, 3.8) is 0 Å². The molecular weight excluding hydrogens is 272 g/mol. The molecule has 1 fully saturated rings. The molecule has 21 heavy (non-hydrogen) atoms. The van der Waals surface area contributed by atoms with E-state index < -0.39 is 0 Å². The van der Waals surface area contributed by atoms with Crippen molar-refractivity contribution in [1.29, 1.82) is 0 Å². The van der Waals surface area contributed by atoms with Gasteiger partial charge in [0.05, 0.1) is 24.6 Å². The maximum atomic E-state index is 12.4. The number of ether oxygens (including phenoxy) is 1. The fourth-order valence-corrected chi connectivity index (χ4v) is 2.55. The second-order valence-electron chi connectivity index (χ2n) is 4.94. The summed E-state index contributed by atoms with van der Waals surface area (Å²) in [6.07, 6.45) is 0. The van der Waals surface area contributed by atoms with Crippen molar-refractivity contribution in [1.82, 2.24) is 20.0 Å². The number of nitrogens with zero attached hydrogens (tertiary/aromatic N) is 3. The van der Waals surface area contributed by atoms with Gasteiger partial charge in [-0.25, -0.2) is 4.68 Å². The van der Waals surface area contributed by atoms with Gasteiger partial charge >= 0.3 is 0 Å². The van der Waals surface area contributed by atoms with Crippen molar-refractivity contribution < 1.29 is 14.3 Å². The van der Waals surface area contributed by atoms with Gasteiger partial charge in [-0.15, -0.1) is 0 Å². The van der Waals surface area contributed by atoms with Crippen LogP contribution in [0.4, 0.5) is 0 Å². The Morgan fingerprint density at radius 3 is 2.95 bits per heavy atom. The van der Waals surface area contributed by atoms with Crippen LogP contribution in [0.1, 0.15) is 10.4 Å². The third-order valence-corrected chi connectivity index (χ3v) is 3.55. The minimum Gasteiger partial charge on any atom is -0.481 e. The van der Waals surface area contributed by atoms with E-state index in [-0.39, 0.29) is 18.4 Å². The zero-order chi connectivity index (χ0) is 15.0. The molecule has 2 heterocycles. The number of rotatable bonds is 2. The summed E-state index contributed by atoms with van der Waals surface area (Å²) >= 11 is 0. The molecular formula is C14H16N4O3. The van der Waals surface area contributed by atoms with Gasteiger partial charge in [-0.3, -0.25) is 9.59 Å². The SMILES string of the molecule is COc1c2ccc(C(=O)N3CCNC(=O)C3)cc2nn1C. The number of amides is 2. The van der Waals surface area contributed by atoms with Crippen LogP contribution in [0.5, 0.6) is 5.88 Å². The zero-order valence-corrected chi connectivity index (χ0v) is 11.9. The Hall–Kier alpha value is -2.57. The molecule has 0 spiro atoms. The topological polar surface area (TPSA) is 76.5 Å². The molecule has 110 valence electrons. The van der Waals surface area contributed by atoms with E-state index in [1.165, 1.54) is 0 Å². The van der Waals surface area contributed by atoms with Crippen LogP contribution in [-0.4, -0.2) is 53.2 Å². The van der Waals surface area contributed by atoms with E-state index in [1.807, 2.05) is 6.07 Å². The van der Waals surface area contributed by atoms with E-state index in [9.17, 15) is 9.59 Å². The second kappa shape index (κ2) is 5.08. The lowest BCUT2D eigenvalue weighted by atomic mass is 10.1. The predicted octanol–water partition coefficient (Wildman–Crippen LogP) is 0.154. The van der Waals surface area contributed by atoms with Crippen LogP contribution in [-0.2, 0) is 11.8 Å². The third-order valence-electron chi connectivity index (χ3n) is 3.55. The molecule has 0 atom stereocenters. The van der Waals surface area contributed by atoms with E-state index in [0.29, 0.717) is 30.0 Å². The van der Waals surface area contributed by atoms with Gasteiger partial charge in [0.15, 0.2) is 0 Å². The number of hydrogen-bond donors (Lipinski definition) is 1. The number of aromatic nitrogens is 2. The molecule has 2 amide bonds. The van der Waals surface area contributed by atoms with Crippen LogP contribution in [0.25, 0.3) is 10.9 Å². The minimum atomic E-state index is -0.156. The summed E-state index contributed by atoms with van der Waals surface area (Å²) < 4.78 is 6.91. The molecule has 1 aliphatic rings. The monoisotopic (exact) mass is 288 g/mol. The Balaban J connectivity index is 1.93. The lowest BCUT2D eigenvalue weighted by Gasteiger charge is -2.26. The molecule has 0 aliphatic carbocycles. The number of fused-ring (bicyclic) bond motifs is 1. The predicted molar refractivity (Wildman–Crippen MR) is 76.2 cm³/mol. The maximum absolute atomic E-state index is 12.4. The molecule has 7 nitrogen and oxygen atoms in total. The number of carbonyl (C=O) groups is 2. The van der Waals surface area contributed by atoms with Crippen LogP contribution < -0.4 is 10.1 Å². The number of piperazine rings is 1.